The number of anilines is 1. The van der Waals surface area contributed by atoms with Gasteiger partial charge in [0.15, 0.2) is 5.82 Å². The molecule has 4 nitrogen and oxygen atoms in total. The molecule has 0 aliphatic heterocycles. The van der Waals surface area contributed by atoms with Crippen molar-refractivity contribution in [1.82, 2.24) is 9.78 Å². The molecular formula is C11H9BrClN3O. The number of rotatable bonds is 2. The monoisotopic (exact) mass is 313 g/mol. The zero-order valence-corrected chi connectivity index (χ0v) is 11.3. The molecule has 1 aromatic heterocycles. The van der Waals surface area contributed by atoms with E-state index in [1.165, 1.54) is 0 Å². The molecule has 0 aliphatic carbocycles. The third kappa shape index (κ3) is 2.87. The van der Waals surface area contributed by atoms with Crippen LogP contribution in [0.15, 0.2) is 34.9 Å². The van der Waals surface area contributed by atoms with Crippen molar-refractivity contribution in [2.24, 2.45) is 7.05 Å². The lowest BCUT2D eigenvalue weighted by Gasteiger charge is -2.04. The van der Waals surface area contributed by atoms with E-state index < -0.39 is 0 Å². The van der Waals surface area contributed by atoms with Gasteiger partial charge in [0.25, 0.3) is 5.91 Å². The average Bonchev–Trinajstić information content (AvgIpc) is 2.63. The van der Waals surface area contributed by atoms with Crippen LogP contribution in [-0.4, -0.2) is 15.7 Å². The summed E-state index contributed by atoms with van der Waals surface area (Å²) in [6.07, 6.45) is 1.76. The van der Waals surface area contributed by atoms with Crippen LogP contribution in [-0.2, 0) is 7.05 Å². The van der Waals surface area contributed by atoms with E-state index in [-0.39, 0.29) is 5.91 Å². The second-order valence-corrected chi connectivity index (χ2v) is 4.74. The van der Waals surface area contributed by atoms with Crippen LogP contribution in [0.5, 0.6) is 0 Å². The molecule has 0 radical (unpaired) electrons. The van der Waals surface area contributed by atoms with Gasteiger partial charge in [0.05, 0.1) is 5.56 Å². The standard InChI is InChI=1S/C11H9BrClN3O/c1-16-5-4-10(15-16)14-11(17)8-3-2-7(13)6-9(8)12/h2-6H,1H3,(H,14,15,17). The Labute approximate surface area is 112 Å². The Kier molecular flexibility index (Phi) is 3.49. The Morgan fingerprint density at radius 3 is 2.82 bits per heavy atom. The summed E-state index contributed by atoms with van der Waals surface area (Å²) >= 11 is 9.10. The van der Waals surface area contributed by atoms with Gasteiger partial charge in [0, 0.05) is 28.8 Å². The molecule has 1 heterocycles. The lowest BCUT2D eigenvalue weighted by molar-refractivity contribution is 0.102. The number of carbonyl (C=O) groups is 1. The first kappa shape index (κ1) is 12.1. The van der Waals surface area contributed by atoms with Crippen molar-refractivity contribution in [2.45, 2.75) is 0 Å². The Hall–Kier alpha value is -1.33. The van der Waals surface area contributed by atoms with Gasteiger partial charge in [-0.15, -0.1) is 0 Å². The van der Waals surface area contributed by atoms with Gasteiger partial charge in [0.2, 0.25) is 0 Å². The molecule has 2 rings (SSSR count). The number of nitrogens with one attached hydrogen (secondary N) is 1. The second kappa shape index (κ2) is 4.89. The largest absolute Gasteiger partial charge is 0.305 e. The lowest BCUT2D eigenvalue weighted by atomic mass is 10.2. The molecule has 2 aromatic rings. The van der Waals surface area contributed by atoms with Gasteiger partial charge < -0.3 is 5.32 Å². The summed E-state index contributed by atoms with van der Waals surface area (Å²) in [4.78, 5) is 11.9. The number of hydrogen-bond donors (Lipinski definition) is 1. The van der Waals surface area contributed by atoms with Crippen LogP contribution in [0.2, 0.25) is 5.02 Å². The van der Waals surface area contributed by atoms with Gasteiger partial charge in [-0.1, -0.05) is 11.6 Å². The minimum absolute atomic E-state index is 0.229. The Morgan fingerprint density at radius 1 is 1.47 bits per heavy atom. The minimum Gasteiger partial charge on any atom is -0.305 e. The maximum absolute atomic E-state index is 11.9. The zero-order chi connectivity index (χ0) is 12.4. The maximum atomic E-state index is 11.9. The lowest BCUT2D eigenvalue weighted by Crippen LogP contribution is -2.13. The number of aryl methyl sites for hydroxylation is 1. The topological polar surface area (TPSA) is 46.9 Å². The smallest absolute Gasteiger partial charge is 0.258 e. The highest BCUT2D eigenvalue weighted by molar-refractivity contribution is 9.10. The molecule has 1 N–H and O–H groups in total. The average molecular weight is 315 g/mol. The third-order valence-electron chi connectivity index (χ3n) is 2.13. The Balaban J connectivity index is 2.20. The molecule has 0 atom stereocenters. The predicted octanol–water partition coefficient (Wildman–Crippen LogP) is 3.09. The van der Waals surface area contributed by atoms with E-state index in [4.69, 9.17) is 11.6 Å². The van der Waals surface area contributed by atoms with E-state index in [2.05, 4.69) is 26.3 Å². The molecule has 1 aromatic carbocycles. The van der Waals surface area contributed by atoms with Crippen molar-refractivity contribution in [3.05, 3.63) is 45.5 Å². The highest BCUT2D eigenvalue weighted by atomic mass is 79.9. The first-order valence-electron chi connectivity index (χ1n) is 4.82. The van der Waals surface area contributed by atoms with E-state index in [1.54, 1.807) is 42.2 Å². The number of amides is 1. The summed E-state index contributed by atoms with van der Waals surface area (Å²) < 4.78 is 2.27. The number of nitrogens with zero attached hydrogens (tertiary/aromatic N) is 2. The van der Waals surface area contributed by atoms with E-state index in [9.17, 15) is 4.79 Å². The molecule has 0 unspecified atom stereocenters. The van der Waals surface area contributed by atoms with E-state index in [1.807, 2.05) is 0 Å². The van der Waals surface area contributed by atoms with Crippen LogP contribution < -0.4 is 5.32 Å². The highest BCUT2D eigenvalue weighted by Crippen LogP contribution is 2.22. The summed E-state index contributed by atoms with van der Waals surface area (Å²) in [6.45, 7) is 0. The second-order valence-electron chi connectivity index (χ2n) is 3.45. The minimum atomic E-state index is -0.229. The van der Waals surface area contributed by atoms with E-state index in [0.29, 0.717) is 20.9 Å². The van der Waals surface area contributed by atoms with Gasteiger partial charge in [-0.3, -0.25) is 9.48 Å². The van der Waals surface area contributed by atoms with Gasteiger partial charge in [-0.2, -0.15) is 5.10 Å². The molecule has 88 valence electrons. The first-order valence-corrected chi connectivity index (χ1v) is 5.99. The molecule has 6 heteroatoms. The van der Waals surface area contributed by atoms with Gasteiger partial charge in [-0.25, -0.2) is 0 Å². The van der Waals surface area contributed by atoms with Crippen molar-refractivity contribution >= 4 is 39.3 Å². The molecule has 17 heavy (non-hydrogen) atoms. The van der Waals surface area contributed by atoms with E-state index in [0.717, 1.165) is 0 Å². The van der Waals surface area contributed by atoms with Crippen molar-refractivity contribution in [3.63, 3.8) is 0 Å². The Morgan fingerprint density at radius 2 is 2.24 bits per heavy atom. The quantitative estimate of drug-likeness (QED) is 0.926. The van der Waals surface area contributed by atoms with Crippen molar-refractivity contribution in [3.8, 4) is 0 Å². The zero-order valence-electron chi connectivity index (χ0n) is 8.95. The van der Waals surface area contributed by atoms with Crippen LogP contribution in [0, 0.1) is 0 Å². The fraction of sp³-hybridized carbons (Fsp3) is 0.0909. The summed E-state index contributed by atoms with van der Waals surface area (Å²) in [7, 11) is 1.79. The number of halogens is 2. The van der Waals surface area contributed by atoms with Gasteiger partial charge >= 0.3 is 0 Å². The van der Waals surface area contributed by atoms with Crippen LogP contribution in [0.25, 0.3) is 0 Å². The van der Waals surface area contributed by atoms with Gasteiger partial charge in [0.1, 0.15) is 0 Å². The molecule has 0 bridgehead atoms. The van der Waals surface area contributed by atoms with Crippen LogP contribution >= 0.6 is 27.5 Å². The highest BCUT2D eigenvalue weighted by Gasteiger charge is 2.11. The molecule has 0 spiro atoms. The Bertz CT molecular complexity index is 568. The molecule has 0 aliphatic rings. The predicted molar refractivity (Wildman–Crippen MR) is 70.3 cm³/mol. The fourth-order valence-corrected chi connectivity index (χ4v) is 2.20. The normalized spacial score (nSPS) is 10.3. The first-order chi connectivity index (χ1) is 8.06. The number of aromatic nitrogens is 2. The number of carbonyl (C=O) groups excluding carboxylic acids is 1. The maximum Gasteiger partial charge on any atom is 0.258 e. The van der Waals surface area contributed by atoms with Crippen molar-refractivity contribution in [2.75, 3.05) is 5.32 Å². The SMILES string of the molecule is Cn1ccc(NC(=O)c2ccc(Cl)cc2Br)n1. The molecule has 0 saturated heterocycles. The van der Waals surface area contributed by atoms with Crippen molar-refractivity contribution in [1.29, 1.82) is 0 Å². The molecule has 1 amide bonds. The number of hydrogen-bond acceptors (Lipinski definition) is 2. The molecular weight excluding hydrogens is 305 g/mol. The van der Waals surface area contributed by atoms with E-state index >= 15 is 0 Å². The molecule has 0 fully saturated rings. The number of benzene rings is 1. The van der Waals surface area contributed by atoms with Crippen LogP contribution in [0.3, 0.4) is 0 Å². The molecule has 0 saturated carbocycles. The fourth-order valence-electron chi connectivity index (χ4n) is 1.34. The summed E-state index contributed by atoms with van der Waals surface area (Å²) in [5.74, 6) is 0.284. The van der Waals surface area contributed by atoms with Crippen LogP contribution in [0.4, 0.5) is 5.82 Å². The van der Waals surface area contributed by atoms with Crippen LogP contribution in [0.1, 0.15) is 10.4 Å². The summed E-state index contributed by atoms with van der Waals surface area (Å²) in [5.41, 5.74) is 0.514. The third-order valence-corrected chi connectivity index (χ3v) is 3.02. The van der Waals surface area contributed by atoms with Crippen molar-refractivity contribution < 1.29 is 4.79 Å². The summed E-state index contributed by atoms with van der Waals surface area (Å²) in [6, 6.07) is 6.72. The van der Waals surface area contributed by atoms with Gasteiger partial charge in [-0.05, 0) is 34.1 Å². The summed E-state index contributed by atoms with van der Waals surface area (Å²) in [5, 5.41) is 7.34.